The number of nitrogens with one attached hydrogen (secondary N) is 3. The minimum Gasteiger partial charge on any atom is -0.480 e. The Balaban J connectivity index is 1.42. The van der Waals surface area contributed by atoms with Gasteiger partial charge in [0.15, 0.2) is 0 Å². The summed E-state index contributed by atoms with van der Waals surface area (Å²) in [5.41, 5.74) is 11.0. The molecule has 0 fully saturated rings. The lowest BCUT2D eigenvalue weighted by Gasteiger charge is -2.25. The molecule has 48 heavy (non-hydrogen) atoms. The van der Waals surface area contributed by atoms with Crippen LogP contribution in [0.1, 0.15) is 16.7 Å². The summed E-state index contributed by atoms with van der Waals surface area (Å²) in [6, 6.07) is 20.3. The van der Waals surface area contributed by atoms with Crippen LogP contribution in [0.2, 0.25) is 0 Å². The van der Waals surface area contributed by atoms with Crippen molar-refractivity contribution in [3.05, 3.63) is 83.4 Å². The summed E-state index contributed by atoms with van der Waals surface area (Å²) in [6.45, 7) is -0.191. The summed E-state index contributed by atoms with van der Waals surface area (Å²) < 4.78 is 0. The van der Waals surface area contributed by atoms with Crippen LogP contribution in [0.4, 0.5) is 0 Å². The number of nitrogens with two attached hydrogens (primary N) is 1. The summed E-state index contributed by atoms with van der Waals surface area (Å²) >= 11 is 0. The number of hydroxylamine groups is 1. The fourth-order valence-electron chi connectivity index (χ4n) is 4.77. The average molecular weight is 667 g/mol. The molecule has 0 aliphatic carbocycles. The van der Waals surface area contributed by atoms with Gasteiger partial charge in [0.25, 0.3) is 5.91 Å². The highest BCUT2D eigenvalue weighted by atomic mass is 16.6. The number of carbonyl (C=O) groups is 5. The van der Waals surface area contributed by atoms with Gasteiger partial charge < -0.3 is 31.7 Å². The van der Waals surface area contributed by atoms with Crippen LogP contribution in [0.5, 0.6) is 0 Å². The molecule has 0 bridgehead atoms. The highest BCUT2D eigenvalue weighted by Crippen LogP contribution is 2.16. The third-order valence-electron chi connectivity index (χ3n) is 7.23. The SMILES string of the molecule is N[C@H](Cc1ccc2ccccc2c1)C(=O)NOCc1ccc(CNC(=O)CN(CCNCC(=O)O)CCN(CC(=O)O)CC(=O)O)cc1. The molecule has 0 saturated heterocycles. The fourth-order valence-corrected chi connectivity index (χ4v) is 4.77. The molecule has 1 atom stereocenters. The van der Waals surface area contributed by atoms with E-state index in [4.69, 9.17) is 25.9 Å². The molecule has 0 unspecified atom stereocenters. The second-order valence-corrected chi connectivity index (χ2v) is 11.2. The number of carboxylic acids is 3. The van der Waals surface area contributed by atoms with Crippen LogP contribution in [0.3, 0.4) is 0 Å². The zero-order valence-corrected chi connectivity index (χ0v) is 26.5. The lowest BCUT2D eigenvalue weighted by atomic mass is 10.0. The van der Waals surface area contributed by atoms with Crippen LogP contribution in [0.25, 0.3) is 10.8 Å². The van der Waals surface area contributed by atoms with Gasteiger partial charge in [-0.15, -0.1) is 0 Å². The summed E-state index contributed by atoms with van der Waals surface area (Å²) in [4.78, 5) is 66.5. The largest absolute Gasteiger partial charge is 0.480 e. The Kier molecular flexibility index (Phi) is 15.4. The highest BCUT2D eigenvalue weighted by Gasteiger charge is 2.17. The van der Waals surface area contributed by atoms with E-state index < -0.39 is 42.9 Å². The molecule has 258 valence electrons. The van der Waals surface area contributed by atoms with Crippen molar-refractivity contribution >= 4 is 40.5 Å². The Morgan fingerprint density at radius 3 is 2.02 bits per heavy atom. The lowest BCUT2D eigenvalue weighted by molar-refractivity contribution is -0.142. The predicted molar refractivity (Wildman–Crippen MR) is 176 cm³/mol. The summed E-state index contributed by atoms with van der Waals surface area (Å²) in [5, 5.41) is 34.7. The van der Waals surface area contributed by atoms with Crippen LogP contribution < -0.4 is 21.8 Å². The Morgan fingerprint density at radius 2 is 1.35 bits per heavy atom. The number of carboxylic acid groups (broad SMARTS) is 3. The molecule has 15 nitrogen and oxygen atoms in total. The van der Waals surface area contributed by atoms with E-state index in [1.54, 1.807) is 29.2 Å². The third-order valence-corrected chi connectivity index (χ3v) is 7.23. The van der Waals surface area contributed by atoms with Gasteiger partial charge in [0.2, 0.25) is 5.91 Å². The Labute approximate surface area is 277 Å². The fraction of sp³-hybridized carbons (Fsp3) is 0.364. The summed E-state index contributed by atoms with van der Waals surface area (Å²) in [5.74, 6) is -4.16. The molecule has 15 heteroatoms. The molecule has 0 aromatic heterocycles. The maximum atomic E-state index is 12.7. The number of amides is 2. The first kappa shape index (κ1) is 37.5. The van der Waals surface area contributed by atoms with Crippen molar-refractivity contribution in [1.82, 2.24) is 25.9 Å². The minimum atomic E-state index is -1.18. The van der Waals surface area contributed by atoms with E-state index in [0.29, 0.717) is 6.42 Å². The van der Waals surface area contributed by atoms with E-state index in [0.717, 1.165) is 27.5 Å². The zero-order chi connectivity index (χ0) is 34.9. The number of fused-ring (bicyclic) bond motifs is 1. The first-order valence-electron chi connectivity index (χ1n) is 15.3. The second kappa shape index (κ2) is 19.7. The van der Waals surface area contributed by atoms with Crippen molar-refractivity contribution in [2.24, 2.45) is 5.73 Å². The Morgan fingerprint density at radius 1 is 0.729 bits per heavy atom. The Bertz CT molecular complexity index is 1520. The molecule has 8 N–H and O–H groups in total. The van der Waals surface area contributed by atoms with Crippen LogP contribution in [-0.2, 0) is 48.4 Å². The highest BCUT2D eigenvalue weighted by molar-refractivity contribution is 5.84. The van der Waals surface area contributed by atoms with Gasteiger partial charge in [-0.05, 0) is 33.9 Å². The lowest BCUT2D eigenvalue weighted by Crippen LogP contribution is -2.45. The van der Waals surface area contributed by atoms with Gasteiger partial charge in [-0.2, -0.15) is 0 Å². The van der Waals surface area contributed by atoms with Gasteiger partial charge in [-0.25, -0.2) is 5.48 Å². The van der Waals surface area contributed by atoms with Crippen molar-refractivity contribution in [2.45, 2.75) is 25.6 Å². The summed E-state index contributed by atoms with van der Waals surface area (Å²) in [7, 11) is 0. The number of aliphatic carboxylic acids is 3. The molecule has 0 radical (unpaired) electrons. The van der Waals surface area contributed by atoms with E-state index in [1.165, 1.54) is 4.90 Å². The van der Waals surface area contributed by atoms with E-state index in [2.05, 4.69) is 16.1 Å². The first-order valence-corrected chi connectivity index (χ1v) is 15.3. The number of nitrogens with zero attached hydrogens (tertiary/aromatic N) is 2. The van der Waals surface area contributed by atoms with Gasteiger partial charge in [-0.1, -0.05) is 66.7 Å². The molecule has 0 heterocycles. The first-order chi connectivity index (χ1) is 23.0. The summed E-state index contributed by atoms with van der Waals surface area (Å²) in [6.07, 6.45) is 0.355. The topological polar surface area (TPSA) is 224 Å². The van der Waals surface area contributed by atoms with Gasteiger partial charge >= 0.3 is 17.9 Å². The number of rotatable bonds is 22. The second-order valence-electron chi connectivity index (χ2n) is 11.2. The maximum Gasteiger partial charge on any atom is 0.317 e. The van der Waals surface area contributed by atoms with Gasteiger partial charge in [0.05, 0.1) is 38.8 Å². The standard InChI is InChI=1S/C33H42N6O9/c34-28(16-25-9-10-26-3-1-2-4-27(26)15-25)33(47)37-48-22-24-7-5-23(6-8-24)17-36-29(40)19-38(12-11-35-18-30(41)42)13-14-39(20-31(43)44)21-32(45)46/h1-10,15,28,35H,11-14,16-22,34H2,(H,36,40)(H,37,47)(H,41,42)(H,43,44)(H,45,46)/t28-/m1/s1. The van der Waals surface area contributed by atoms with Crippen molar-refractivity contribution in [3.8, 4) is 0 Å². The maximum absolute atomic E-state index is 12.7. The van der Waals surface area contributed by atoms with E-state index in [9.17, 15) is 24.0 Å². The molecule has 0 aliphatic heterocycles. The smallest absolute Gasteiger partial charge is 0.317 e. The minimum absolute atomic E-state index is 0.0721. The van der Waals surface area contributed by atoms with Crippen molar-refractivity contribution in [3.63, 3.8) is 0 Å². The van der Waals surface area contributed by atoms with Crippen LogP contribution in [-0.4, -0.2) is 113 Å². The van der Waals surface area contributed by atoms with Gasteiger partial charge in [-0.3, -0.25) is 38.6 Å². The van der Waals surface area contributed by atoms with Gasteiger partial charge in [0.1, 0.15) is 0 Å². The molecule has 2 amide bonds. The number of hydrogen-bond acceptors (Lipinski definition) is 10. The zero-order valence-electron chi connectivity index (χ0n) is 26.5. The normalized spacial score (nSPS) is 11.8. The quantitative estimate of drug-likeness (QED) is 0.0556. The number of hydrogen-bond donors (Lipinski definition) is 7. The van der Waals surface area contributed by atoms with Crippen molar-refractivity contribution in [1.29, 1.82) is 0 Å². The molecular formula is C33H42N6O9. The van der Waals surface area contributed by atoms with Crippen molar-refractivity contribution < 1.29 is 44.1 Å². The number of carbonyl (C=O) groups excluding carboxylic acids is 2. The van der Waals surface area contributed by atoms with E-state index >= 15 is 0 Å². The monoisotopic (exact) mass is 666 g/mol. The average Bonchev–Trinajstić information content (AvgIpc) is 3.04. The molecule has 3 aromatic rings. The van der Waals surface area contributed by atoms with E-state index in [-0.39, 0.29) is 58.3 Å². The molecule has 0 aliphatic rings. The Hall–Kier alpha value is -4.93. The number of benzene rings is 3. The van der Waals surface area contributed by atoms with Crippen molar-refractivity contribution in [2.75, 3.05) is 52.4 Å². The molecule has 3 rings (SSSR count). The molecule has 0 saturated carbocycles. The van der Waals surface area contributed by atoms with Crippen LogP contribution in [0, 0.1) is 0 Å². The molecule has 3 aromatic carbocycles. The predicted octanol–water partition coefficient (Wildman–Crippen LogP) is 0.0212. The molecule has 0 spiro atoms. The molecular weight excluding hydrogens is 624 g/mol. The van der Waals surface area contributed by atoms with Gasteiger partial charge in [0, 0.05) is 32.7 Å². The van der Waals surface area contributed by atoms with Crippen LogP contribution in [0.15, 0.2) is 66.7 Å². The third kappa shape index (κ3) is 14.2. The van der Waals surface area contributed by atoms with E-state index in [1.807, 2.05) is 42.5 Å². The van der Waals surface area contributed by atoms with Crippen LogP contribution >= 0.6 is 0 Å².